The molecule has 1 N–H and O–H groups in total. The van der Waals surface area contributed by atoms with Gasteiger partial charge in [-0.1, -0.05) is 11.6 Å². The van der Waals surface area contributed by atoms with Crippen molar-refractivity contribution in [3.05, 3.63) is 34.9 Å². The molecule has 0 bridgehead atoms. The lowest BCUT2D eigenvalue weighted by molar-refractivity contribution is 0.0761. The summed E-state index contributed by atoms with van der Waals surface area (Å²) in [6.07, 6.45) is 4.08. The summed E-state index contributed by atoms with van der Waals surface area (Å²) in [6.45, 7) is 4.91. The van der Waals surface area contributed by atoms with Gasteiger partial charge in [0.25, 0.3) is 5.91 Å². The predicted octanol–water partition coefficient (Wildman–Crippen LogP) is 2.65. The summed E-state index contributed by atoms with van der Waals surface area (Å²) < 4.78 is 0. The number of halogens is 1. The van der Waals surface area contributed by atoms with Gasteiger partial charge < -0.3 is 14.9 Å². The molecule has 1 aliphatic heterocycles. The SMILES string of the molecule is O=C(c1ccc(Cl)cc1)N1CCCN(CCCCCO)CC1. The average molecular weight is 325 g/mol. The molecular weight excluding hydrogens is 300 g/mol. The zero-order chi connectivity index (χ0) is 15.8. The third kappa shape index (κ3) is 5.27. The number of hydrogen-bond acceptors (Lipinski definition) is 3. The van der Waals surface area contributed by atoms with E-state index in [9.17, 15) is 4.79 Å². The average Bonchev–Trinajstić information content (AvgIpc) is 2.77. The Morgan fingerprint density at radius 1 is 1.05 bits per heavy atom. The maximum atomic E-state index is 12.5. The van der Waals surface area contributed by atoms with Crippen LogP contribution in [0.5, 0.6) is 0 Å². The molecule has 0 saturated carbocycles. The lowest BCUT2D eigenvalue weighted by atomic mass is 10.2. The number of unbranched alkanes of at least 4 members (excludes halogenated alkanes) is 2. The van der Waals surface area contributed by atoms with Crippen molar-refractivity contribution < 1.29 is 9.90 Å². The van der Waals surface area contributed by atoms with Gasteiger partial charge in [-0.3, -0.25) is 4.79 Å². The minimum Gasteiger partial charge on any atom is -0.396 e. The molecular formula is C17H25ClN2O2. The molecule has 2 rings (SSSR count). The standard InChI is InChI=1S/C17H25ClN2O2/c18-16-7-5-15(6-8-16)17(22)20-11-4-10-19(12-13-20)9-2-1-3-14-21/h5-8,21H,1-4,9-14H2. The molecule has 1 heterocycles. The van der Waals surface area contributed by atoms with E-state index in [1.165, 1.54) is 0 Å². The fraction of sp³-hybridized carbons (Fsp3) is 0.588. The molecule has 1 saturated heterocycles. The van der Waals surface area contributed by atoms with Crippen LogP contribution in [0.4, 0.5) is 0 Å². The summed E-state index contributed by atoms with van der Waals surface area (Å²) >= 11 is 5.87. The van der Waals surface area contributed by atoms with Crippen molar-refractivity contribution in [2.24, 2.45) is 0 Å². The van der Waals surface area contributed by atoms with E-state index in [2.05, 4.69) is 4.90 Å². The summed E-state index contributed by atoms with van der Waals surface area (Å²) in [5.41, 5.74) is 0.709. The Morgan fingerprint density at radius 2 is 1.82 bits per heavy atom. The number of carbonyl (C=O) groups excluding carboxylic acids is 1. The second kappa shape index (κ2) is 9.13. The highest BCUT2D eigenvalue weighted by Gasteiger charge is 2.19. The number of aliphatic hydroxyl groups is 1. The summed E-state index contributed by atoms with van der Waals surface area (Å²) in [5.74, 6) is 0.0961. The van der Waals surface area contributed by atoms with Crippen LogP contribution in [0.25, 0.3) is 0 Å². The van der Waals surface area contributed by atoms with Crippen LogP contribution in [0.15, 0.2) is 24.3 Å². The molecule has 122 valence electrons. The predicted molar refractivity (Wildman–Crippen MR) is 89.3 cm³/mol. The van der Waals surface area contributed by atoms with E-state index >= 15 is 0 Å². The first-order chi connectivity index (χ1) is 10.7. The minimum atomic E-state index is 0.0961. The zero-order valence-corrected chi connectivity index (χ0v) is 13.8. The second-order valence-corrected chi connectivity index (χ2v) is 6.21. The number of carbonyl (C=O) groups is 1. The first-order valence-electron chi connectivity index (χ1n) is 8.09. The lowest BCUT2D eigenvalue weighted by Crippen LogP contribution is -2.35. The van der Waals surface area contributed by atoms with Crippen LogP contribution in [-0.2, 0) is 0 Å². The van der Waals surface area contributed by atoms with Gasteiger partial charge in [-0.15, -0.1) is 0 Å². The molecule has 4 nitrogen and oxygen atoms in total. The largest absolute Gasteiger partial charge is 0.396 e. The fourth-order valence-corrected chi connectivity index (χ4v) is 2.92. The highest BCUT2D eigenvalue weighted by molar-refractivity contribution is 6.30. The molecule has 1 aliphatic rings. The van der Waals surface area contributed by atoms with Crippen molar-refractivity contribution in [3.8, 4) is 0 Å². The topological polar surface area (TPSA) is 43.8 Å². The van der Waals surface area contributed by atoms with Crippen LogP contribution in [0.1, 0.15) is 36.0 Å². The molecule has 22 heavy (non-hydrogen) atoms. The summed E-state index contributed by atoms with van der Waals surface area (Å²) in [4.78, 5) is 16.9. The van der Waals surface area contributed by atoms with Gasteiger partial charge in [-0.25, -0.2) is 0 Å². The van der Waals surface area contributed by atoms with Gasteiger partial charge in [0.2, 0.25) is 0 Å². The van der Waals surface area contributed by atoms with Crippen molar-refractivity contribution in [1.29, 1.82) is 0 Å². The highest BCUT2D eigenvalue weighted by atomic mass is 35.5. The Balaban J connectivity index is 1.82. The minimum absolute atomic E-state index is 0.0961. The maximum Gasteiger partial charge on any atom is 0.253 e. The van der Waals surface area contributed by atoms with Crippen LogP contribution in [0.3, 0.4) is 0 Å². The van der Waals surface area contributed by atoms with Gasteiger partial charge in [0.15, 0.2) is 0 Å². The molecule has 0 spiro atoms. The van der Waals surface area contributed by atoms with Gasteiger partial charge in [0, 0.05) is 36.8 Å². The lowest BCUT2D eigenvalue weighted by Gasteiger charge is -2.22. The Bertz CT molecular complexity index is 464. The van der Waals surface area contributed by atoms with Crippen LogP contribution >= 0.6 is 11.6 Å². The van der Waals surface area contributed by atoms with E-state index in [0.717, 1.165) is 58.4 Å². The molecule has 0 radical (unpaired) electrons. The molecule has 1 amide bonds. The molecule has 0 unspecified atom stereocenters. The number of benzene rings is 1. The Kier molecular flexibility index (Phi) is 7.16. The molecule has 1 fully saturated rings. The van der Waals surface area contributed by atoms with E-state index in [1.807, 2.05) is 4.90 Å². The third-order valence-electron chi connectivity index (χ3n) is 4.10. The van der Waals surface area contributed by atoms with E-state index in [-0.39, 0.29) is 12.5 Å². The summed E-state index contributed by atoms with van der Waals surface area (Å²) in [7, 11) is 0. The smallest absolute Gasteiger partial charge is 0.253 e. The van der Waals surface area contributed by atoms with Crippen LogP contribution in [0, 0.1) is 0 Å². The van der Waals surface area contributed by atoms with Gasteiger partial charge in [0.1, 0.15) is 0 Å². The van der Waals surface area contributed by atoms with Gasteiger partial charge in [0.05, 0.1) is 0 Å². The fourth-order valence-electron chi connectivity index (χ4n) is 2.80. The van der Waals surface area contributed by atoms with Crippen molar-refractivity contribution >= 4 is 17.5 Å². The van der Waals surface area contributed by atoms with Crippen molar-refractivity contribution in [2.45, 2.75) is 25.7 Å². The molecule has 1 aromatic carbocycles. The van der Waals surface area contributed by atoms with Gasteiger partial charge in [-0.05, 0) is 63.0 Å². The number of amides is 1. The van der Waals surface area contributed by atoms with E-state index in [1.54, 1.807) is 24.3 Å². The van der Waals surface area contributed by atoms with E-state index in [4.69, 9.17) is 16.7 Å². The molecule has 1 aromatic rings. The molecule has 0 atom stereocenters. The summed E-state index contributed by atoms with van der Waals surface area (Å²) in [6, 6.07) is 7.12. The van der Waals surface area contributed by atoms with Gasteiger partial charge >= 0.3 is 0 Å². The zero-order valence-electron chi connectivity index (χ0n) is 13.0. The highest BCUT2D eigenvalue weighted by Crippen LogP contribution is 2.13. The third-order valence-corrected chi connectivity index (χ3v) is 4.35. The number of aliphatic hydroxyl groups excluding tert-OH is 1. The maximum absolute atomic E-state index is 12.5. The number of rotatable bonds is 6. The second-order valence-electron chi connectivity index (χ2n) is 5.78. The number of hydrogen-bond donors (Lipinski definition) is 1. The first-order valence-corrected chi connectivity index (χ1v) is 8.46. The quantitative estimate of drug-likeness (QED) is 0.818. The van der Waals surface area contributed by atoms with E-state index in [0.29, 0.717) is 10.6 Å². The van der Waals surface area contributed by atoms with Crippen molar-refractivity contribution in [2.75, 3.05) is 39.3 Å². The van der Waals surface area contributed by atoms with Gasteiger partial charge in [-0.2, -0.15) is 0 Å². The number of nitrogens with zero attached hydrogens (tertiary/aromatic N) is 2. The van der Waals surface area contributed by atoms with Crippen LogP contribution < -0.4 is 0 Å². The van der Waals surface area contributed by atoms with Crippen molar-refractivity contribution in [1.82, 2.24) is 9.80 Å². The van der Waals surface area contributed by atoms with Crippen LogP contribution in [-0.4, -0.2) is 60.1 Å². The van der Waals surface area contributed by atoms with Crippen LogP contribution in [0.2, 0.25) is 5.02 Å². The Morgan fingerprint density at radius 3 is 2.55 bits per heavy atom. The molecule has 0 aromatic heterocycles. The van der Waals surface area contributed by atoms with E-state index < -0.39 is 0 Å². The Labute approximate surface area is 137 Å². The van der Waals surface area contributed by atoms with Crippen molar-refractivity contribution in [3.63, 3.8) is 0 Å². The summed E-state index contributed by atoms with van der Waals surface area (Å²) in [5, 5.41) is 9.46. The molecule has 5 heteroatoms. The normalized spacial score (nSPS) is 16.5. The Hall–Kier alpha value is -1.10. The first kappa shape index (κ1) is 17.3. The molecule has 0 aliphatic carbocycles. The monoisotopic (exact) mass is 324 g/mol.